The van der Waals surface area contributed by atoms with Gasteiger partial charge in [0.1, 0.15) is 0 Å². The van der Waals surface area contributed by atoms with E-state index in [1.54, 1.807) is 11.3 Å². The smallest absolute Gasteiger partial charge is 0.0897 e. The number of nitrogens with zero attached hydrogens (tertiary/aromatic N) is 1. The highest BCUT2D eigenvalue weighted by atomic mass is 32.1. The monoisotopic (exact) mass is 253 g/mol. The van der Waals surface area contributed by atoms with Crippen LogP contribution in [0.25, 0.3) is 0 Å². The van der Waals surface area contributed by atoms with Gasteiger partial charge in [-0.05, 0) is 50.4 Å². The molecule has 1 fully saturated rings. The van der Waals surface area contributed by atoms with E-state index in [2.05, 4.69) is 24.2 Å². The van der Waals surface area contributed by atoms with Crippen molar-refractivity contribution in [2.75, 3.05) is 0 Å². The maximum atomic E-state index is 10.1. The van der Waals surface area contributed by atoms with Gasteiger partial charge in [-0.1, -0.05) is 13.8 Å². The lowest BCUT2D eigenvalue weighted by atomic mass is 9.73. The van der Waals surface area contributed by atoms with Gasteiger partial charge in [-0.25, -0.2) is 4.98 Å². The lowest BCUT2D eigenvalue weighted by Crippen LogP contribution is -2.32. The minimum atomic E-state index is -0.119. The molecule has 0 spiro atoms. The second-order valence-electron chi connectivity index (χ2n) is 5.71. The van der Waals surface area contributed by atoms with E-state index >= 15 is 0 Å². The fourth-order valence-corrected chi connectivity index (χ4v) is 3.51. The molecule has 3 unspecified atom stereocenters. The minimum Gasteiger partial charge on any atom is -0.393 e. The highest BCUT2D eigenvalue weighted by Gasteiger charge is 2.30. The Bertz CT molecular complexity index is 361. The average Bonchev–Trinajstić information content (AvgIpc) is 2.67. The summed E-state index contributed by atoms with van der Waals surface area (Å²) < 4.78 is 0. The van der Waals surface area contributed by atoms with E-state index in [9.17, 15) is 5.11 Å². The van der Waals surface area contributed by atoms with Crippen LogP contribution in [0.5, 0.6) is 0 Å². The molecule has 0 amide bonds. The van der Waals surface area contributed by atoms with Crippen LogP contribution in [-0.2, 0) is 6.42 Å². The van der Waals surface area contributed by atoms with Gasteiger partial charge in [-0.2, -0.15) is 0 Å². The third-order valence-electron chi connectivity index (χ3n) is 4.06. The van der Waals surface area contributed by atoms with E-state index in [0.29, 0.717) is 5.92 Å². The van der Waals surface area contributed by atoms with Crippen LogP contribution in [0.3, 0.4) is 0 Å². The summed E-state index contributed by atoms with van der Waals surface area (Å²) in [6, 6.07) is 0. The van der Waals surface area contributed by atoms with Crippen LogP contribution in [0.4, 0.5) is 0 Å². The summed E-state index contributed by atoms with van der Waals surface area (Å²) in [5, 5.41) is 13.4. The van der Waals surface area contributed by atoms with Crippen molar-refractivity contribution in [2.45, 2.75) is 52.6 Å². The SMILES string of the molecule is Cc1nc(CC2CC(C(C)C)CCC2O)cs1. The van der Waals surface area contributed by atoms with Crippen molar-refractivity contribution in [1.82, 2.24) is 4.98 Å². The predicted octanol–water partition coefficient (Wildman–Crippen LogP) is 3.43. The quantitative estimate of drug-likeness (QED) is 0.895. The largest absolute Gasteiger partial charge is 0.393 e. The van der Waals surface area contributed by atoms with Crippen molar-refractivity contribution < 1.29 is 5.11 Å². The first-order valence-corrected chi connectivity index (χ1v) is 7.53. The van der Waals surface area contributed by atoms with Crippen LogP contribution in [0.1, 0.15) is 43.8 Å². The van der Waals surface area contributed by atoms with Crippen LogP contribution in [0.15, 0.2) is 5.38 Å². The van der Waals surface area contributed by atoms with Gasteiger partial charge in [0.2, 0.25) is 0 Å². The van der Waals surface area contributed by atoms with E-state index in [-0.39, 0.29) is 6.10 Å². The molecular formula is C14H23NOS. The molecule has 17 heavy (non-hydrogen) atoms. The first-order valence-electron chi connectivity index (χ1n) is 6.65. The van der Waals surface area contributed by atoms with E-state index in [1.807, 2.05) is 6.92 Å². The Labute approximate surface area is 108 Å². The Kier molecular flexibility index (Phi) is 4.21. The average molecular weight is 253 g/mol. The molecule has 0 bridgehead atoms. The number of aliphatic hydroxyl groups excluding tert-OH is 1. The van der Waals surface area contributed by atoms with Gasteiger partial charge >= 0.3 is 0 Å². The molecule has 0 radical (unpaired) electrons. The van der Waals surface area contributed by atoms with Gasteiger partial charge < -0.3 is 5.11 Å². The number of aliphatic hydroxyl groups is 1. The fraction of sp³-hybridized carbons (Fsp3) is 0.786. The molecule has 0 saturated heterocycles. The molecule has 1 aliphatic rings. The molecule has 1 saturated carbocycles. The molecule has 1 aromatic rings. The third kappa shape index (κ3) is 3.29. The van der Waals surface area contributed by atoms with Crippen LogP contribution in [-0.4, -0.2) is 16.2 Å². The maximum Gasteiger partial charge on any atom is 0.0897 e. The molecule has 1 aliphatic carbocycles. The van der Waals surface area contributed by atoms with Crippen LogP contribution in [0, 0.1) is 24.7 Å². The number of thiazole rings is 1. The van der Waals surface area contributed by atoms with Crippen molar-refractivity contribution in [1.29, 1.82) is 0 Å². The maximum absolute atomic E-state index is 10.1. The lowest BCUT2D eigenvalue weighted by Gasteiger charge is -2.35. The zero-order valence-electron chi connectivity index (χ0n) is 11.0. The number of rotatable bonds is 3. The molecule has 1 aromatic heterocycles. The molecule has 3 atom stereocenters. The van der Waals surface area contributed by atoms with E-state index < -0.39 is 0 Å². The van der Waals surface area contributed by atoms with Gasteiger partial charge in [0.15, 0.2) is 0 Å². The van der Waals surface area contributed by atoms with Crippen molar-refractivity contribution in [3.63, 3.8) is 0 Å². The molecule has 0 aliphatic heterocycles. The molecule has 0 aromatic carbocycles. The summed E-state index contributed by atoms with van der Waals surface area (Å²) in [7, 11) is 0. The van der Waals surface area contributed by atoms with Crippen molar-refractivity contribution in [3.05, 3.63) is 16.1 Å². The lowest BCUT2D eigenvalue weighted by molar-refractivity contribution is 0.0375. The van der Waals surface area contributed by atoms with Crippen molar-refractivity contribution >= 4 is 11.3 Å². The predicted molar refractivity (Wildman–Crippen MR) is 72.2 cm³/mol. The van der Waals surface area contributed by atoms with Gasteiger partial charge in [-0.3, -0.25) is 0 Å². The summed E-state index contributed by atoms with van der Waals surface area (Å²) in [6.45, 7) is 6.64. The van der Waals surface area contributed by atoms with Gasteiger partial charge in [-0.15, -0.1) is 11.3 Å². The first kappa shape index (κ1) is 13.0. The highest BCUT2D eigenvalue weighted by Crippen LogP contribution is 2.35. The summed E-state index contributed by atoms with van der Waals surface area (Å²) in [6.07, 6.45) is 4.15. The fourth-order valence-electron chi connectivity index (χ4n) is 2.88. The molecule has 2 rings (SSSR count). The Morgan fingerprint density at radius 1 is 1.47 bits per heavy atom. The zero-order valence-corrected chi connectivity index (χ0v) is 11.8. The second kappa shape index (κ2) is 5.49. The van der Waals surface area contributed by atoms with E-state index in [1.165, 1.54) is 12.1 Å². The molecule has 3 heteroatoms. The third-order valence-corrected chi connectivity index (χ3v) is 4.89. The number of aromatic nitrogens is 1. The van der Waals surface area contributed by atoms with Gasteiger partial charge in [0.25, 0.3) is 0 Å². The van der Waals surface area contributed by atoms with Crippen LogP contribution in [0.2, 0.25) is 0 Å². The standard InChI is InChI=1S/C14H23NOS/c1-9(2)11-4-5-14(16)12(6-11)7-13-8-17-10(3)15-13/h8-9,11-12,14,16H,4-7H2,1-3H3. The molecule has 2 nitrogen and oxygen atoms in total. The van der Waals surface area contributed by atoms with Crippen LogP contribution >= 0.6 is 11.3 Å². The van der Waals surface area contributed by atoms with E-state index in [4.69, 9.17) is 0 Å². The molecule has 96 valence electrons. The first-order chi connectivity index (χ1) is 8.06. The molecular weight excluding hydrogens is 230 g/mol. The number of hydrogen-bond donors (Lipinski definition) is 1. The highest BCUT2D eigenvalue weighted by molar-refractivity contribution is 7.09. The Morgan fingerprint density at radius 3 is 2.82 bits per heavy atom. The summed E-state index contributed by atoms with van der Waals surface area (Å²) in [5.74, 6) is 1.93. The number of hydrogen-bond acceptors (Lipinski definition) is 3. The zero-order chi connectivity index (χ0) is 12.4. The van der Waals surface area contributed by atoms with Gasteiger partial charge in [0.05, 0.1) is 16.8 Å². The Hall–Kier alpha value is -0.410. The molecule has 1 N–H and O–H groups in total. The Balaban J connectivity index is 1.98. The summed E-state index contributed by atoms with van der Waals surface area (Å²) in [4.78, 5) is 4.52. The summed E-state index contributed by atoms with van der Waals surface area (Å²) in [5.41, 5.74) is 1.17. The van der Waals surface area contributed by atoms with E-state index in [0.717, 1.165) is 36.1 Å². The van der Waals surface area contributed by atoms with Crippen LogP contribution < -0.4 is 0 Å². The summed E-state index contributed by atoms with van der Waals surface area (Å²) >= 11 is 1.71. The molecule has 1 heterocycles. The van der Waals surface area contributed by atoms with Crippen molar-refractivity contribution in [2.24, 2.45) is 17.8 Å². The van der Waals surface area contributed by atoms with Crippen molar-refractivity contribution in [3.8, 4) is 0 Å². The minimum absolute atomic E-state index is 0.119. The van der Waals surface area contributed by atoms with Gasteiger partial charge in [0, 0.05) is 5.38 Å². The second-order valence-corrected chi connectivity index (χ2v) is 6.77. The number of aryl methyl sites for hydroxylation is 1. The Morgan fingerprint density at radius 2 is 2.24 bits per heavy atom. The topological polar surface area (TPSA) is 33.1 Å². The normalized spacial score (nSPS) is 29.8.